The van der Waals surface area contributed by atoms with Crippen LogP contribution in [0.4, 0.5) is 5.00 Å². The molecular weight excluding hydrogens is 528 g/mol. The topological polar surface area (TPSA) is 122 Å². The Labute approximate surface area is 221 Å². The number of nitrogens with zero attached hydrogens (tertiary/aromatic N) is 3. The van der Waals surface area contributed by atoms with Gasteiger partial charge in [0.25, 0.3) is 0 Å². The number of amides is 1. The molecule has 13 heteroatoms. The summed E-state index contributed by atoms with van der Waals surface area (Å²) in [5.41, 5.74) is 1.50. The maximum atomic E-state index is 12.7. The second-order valence-corrected chi connectivity index (χ2v) is 10.0. The number of nitrogens with one attached hydrogen (secondary N) is 1. The SMILES string of the molecule is COC(=O)c1sc(NC(=O)CSc2nnc(C(C)Oc3cc(C)ccc3Cl)n2C)c(C(=O)OC)c1C. The summed E-state index contributed by atoms with van der Waals surface area (Å²) in [6.45, 7) is 5.36. The molecule has 3 aromatic rings. The van der Waals surface area contributed by atoms with Crippen LogP contribution in [0.1, 0.15) is 50.0 Å². The molecule has 1 unspecified atom stereocenters. The fourth-order valence-corrected chi connectivity index (χ4v) is 5.29. The monoisotopic (exact) mass is 552 g/mol. The van der Waals surface area contributed by atoms with Gasteiger partial charge in [-0.15, -0.1) is 21.5 Å². The van der Waals surface area contributed by atoms with E-state index in [1.165, 1.54) is 14.2 Å². The zero-order valence-electron chi connectivity index (χ0n) is 20.5. The predicted octanol–water partition coefficient (Wildman–Crippen LogP) is 4.59. The largest absolute Gasteiger partial charge is 0.481 e. The standard InChI is InChI=1S/C23H25ClN4O6S2/c1-11-7-8-14(24)15(9-11)34-13(3)19-26-27-23(28(19)4)35-10-16(29)25-20-17(21(30)32-5)12(2)18(36-20)22(31)33-6/h7-9,13H,10H2,1-6H3,(H,25,29). The van der Waals surface area contributed by atoms with Gasteiger partial charge in [0.1, 0.15) is 15.6 Å². The fourth-order valence-electron chi connectivity index (χ4n) is 3.28. The van der Waals surface area contributed by atoms with Gasteiger partial charge in [0.05, 0.1) is 30.6 Å². The Morgan fingerprint density at radius 1 is 1.17 bits per heavy atom. The van der Waals surface area contributed by atoms with Crippen LogP contribution in [0.25, 0.3) is 0 Å². The van der Waals surface area contributed by atoms with Crippen LogP contribution in [0.2, 0.25) is 5.02 Å². The van der Waals surface area contributed by atoms with Crippen LogP contribution in [0.15, 0.2) is 23.4 Å². The number of benzene rings is 1. The molecule has 1 amide bonds. The van der Waals surface area contributed by atoms with Gasteiger partial charge in [-0.2, -0.15) is 0 Å². The number of hydrogen-bond donors (Lipinski definition) is 1. The number of halogens is 1. The lowest BCUT2D eigenvalue weighted by Gasteiger charge is -2.15. The van der Waals surface area contributed by atoms with E-state index >= 15 is 0 Å². The molecule has 10 nitrogen and oxygen atoms in total. The minimum Gasteiger partial charge on any atom is -0.481 e. The minimum atomic E-state index is -0.664. The van der Waals surface area contributed by atoms with E-state index in [0.717, 1.165) is 28.7 Å². The van der Waals surface area contributed by atoms with Crippen molar-refractivity contribution in [2.45, 2.75) is 32.0 Å². The molecule has 2 aromatic heterocycles. The first-order chi connectivity index (χ1) is 17.1. The number of thiophene rings is 1. The molecule has 1 atom stereocenters. The van der Waals surface area contributed by atoms with Crippen LogP contribution < -0.4 is 10.1 Å². The summed E-state index contributed by atoms with van der Waals surface area (Å²) in [5.74, 6) is -0.589. The Morgan fingerprint density at radius 2 is 1.86 bits per heavy atom. The van der Waals surface area contributed by atoms with Gasteiger partial charge in [0.15, 0.2) is 17.1 Å². The van der Waals surface area contributed by atoms with Gasteiger partial charge in [-0.3, -0.25) is 4.79 Å². The highest BCUT2D eigenvalue weighted by molar-refractivity contribution is 7.99. The summed E-state index contributed by atoms with van der Waals surface area (Å²) in [5, 5.41) is 12.2. The van der Waals surface area contributed by atoms with Crippen LogP contribution in [0, 0.1) is 13.8 Å². The number of aryl methyl sites for hydroxylation is 1. The highest BCUT2D eigenvalue weighted by Crippen LogP contribution is 2.35. The average Bonchev–Trinajstić information content (AvgIpc) is 3.38. The molecule has 0 saturated heterocycles. The van der Waals surface area contributed by atoms with E-state index in [0.29, 0.717) is 27.3 Å². The summed E-state index contributed by atoms with van der Waals surface area (Å²) < 4.78 is 17.3. The lowest BCUT2D eigenvalue weighted by atomic mass is 10.1. The number of rotatable bonds is 9. The van der Waals surface area contributed by atoms with E-state index in [4.69, 9.17) is 25.8 Å². The number of ether oxygens (including phenoxy) is 3. The molecule has 0 bridgehead atoms. The van der Waals surface area contributed by atoms with Gasteiger partial charge in [0.2, 0.25) is 5.91 Å². The normalized spacial score (nSPS) is 11.6. The first-order valence-electron chi connectivity index (χ1n) is 10.6. The third kappa shape index (κ3) is 6.00. The van der Waals surface area contributed by atoms with Crippen molar-refractivity contribution in [1.29, 1.82) is 0 Å². The van der Waals surface area contributed by atoms with Gasteiger partial charge >= 0.3 is 11.9 Å². The number of hydrogen-bond acceptors (Lipinski definition) is 10. The highest BCUT2D eigenvalue weighted by Gasteiger charge is 2.27. The van der Waals surface area contributed by atoms with Gasteiger partial charge in [0, 0.05) is 7.05 Å². The van der Waals surface area contributed by atoms with Crippen LogP contribution in [-0.4, -0.2) is 52.6 Å². The van der Waals surface area contributed by atoms with Crippen molar-refractivity contribution in [3.8, 4) is 5.75 Å². The summed E-state index contributed by atoms with van der Waals surface area (Å²) in [6.07, 6.45) is -0.446. The highest BCUT2D eigenvalue weighted by atomic mass is 35.5. The number of carbonyl (C=O) groups excluding carboxylic acids is 3. The van der Waals surface area contributed by atoms with Crippen molar-refractivity contribution in [3.63, 3.8) is 0 Å². The molecule has 1 aromatic carbocycles. The summed E-state index contributed by atoms with van der Waals surface area (Å²) in [7, 11) is 4.24. The number of anilines is 1. The van der Waals surface area contributed by atoms with E-state index < -0.39 is 23.9 Å². The molecule has 0 fully saturated rings. The smallest absolute Gasteiger partial charge is 0.348 e. The second-order valence-electron chi connectivity index (χ2n) is 7.67. The van der Waals surface area contributed by atoms with Crippen molar-refractivity contribution in [2.24, 2.45) is 7.05 Å². The average molecular weight is 553 g/mol. The maximum absolute atomic E-state index is 12.7. The Hall–Kier alpha value is -3.09. The summed E-state index contributed by atoms with van der Waals surface area (Å²) in [6, 6.07) is 5.50. The maximum Gasteiger partial charge on any atom is 0.348 e. The second kappa shape index (κ2) is 11.8. The number of carbonyl (C=O) groups is 3. The van der Waals surface area contributed by atoms with Crippen molar-refractivity contribution in [2.75, 3.05) is 25.3 Å². The molecule has 1 N–H and O–H groups in total. The molecule has 0 spiro atoms. The quantitative estimate of drug-likeness (QED) is 0.300. The lowest BCUT2D eigenvalue weighted by Crippen LogP contribution is -2.16. The Kier molecular flexibility index (Phi) is 8.98. The molecule has 0 radical (unpaired) electrons. The zero-order chi connectivity index (χ0) is 26.6. The van der Waals surface area contributed by atoms with E-state index in [2.05, 4.69) is 15.5 Å². The number of esters is 2. The van der Waals surface area contributed by atoms with Crippen molar-refractivity contribution >= 4 is 57.5 Å². The minimum absolute atomic E-state index is 0.0178. The molecule has 0 aliphatic rings. The molecule has 0 aliphatic heterocycles. The van der Waals surface area contributed by atoms with E-state index in [1.54, 1.807) is 24.6 Å². The van der Waals surface area contributed by atoms with Gasteiger partial charge in [-0.25, -0.2) is 9.59 Å². The van der Waals surface area contributed by atoms with E-state index in [1.807, 2.05) is 26.0 Å². The summed E-state index contributed by atoms with van der Waals surface area (Å²) >= 11 is 8.34. The first-order valence-corrected chi connectivity index (χ1v) is 12.8. The van der Waals surface area contributed by atoms with Crippen molar-refractivity contribution < 1.29 is 28.6 Å². The Morgan fingerprint density at radius 3 is 2.53 bits per heavy atom. The third-order valence-corrected chi connectivity index (χ3v) is 7.63. The molecule has 0 aliphatic carbocycles. The molecular formula is C23H25ClN4O6S2. The molecule has 2 heterocycles. The van der Waals surface area contributed by atoms with Crippen LogP contribution >= 0.6 is 34.7 Å². The van der Waals surface area contributed by atoms with E-state index in [-0.39, 0.29) is 21.2 Å². The van der Waals surface area contributed by atoms with E-state index in [9.17, 15) is 14.4 Å². The van der Waals surface area contributed by atoms with Crippen LogP contribution in [0.5, 0.6) is 5.75 Å². The number of thioether (sulfide) groups is 1. The van der Waals surface area contributed by atoms with Gasteiger partial charge < -0.3 is 24.1 Å². The molecule has 0 saturated carbocycles. The Bertz CT molecular complexity index is 1310. The first kappa shape index (κ1) is 27.5. The van der Waals surface area contributed by atoms with Gasteiger partial charge in [-0.1, -0.05) is 29.4 Å². The molecule has 192 valence electrons. The van der Waals surface area contributed by atoms with Crippen LogP contribution in [0.3, 0.4) is 0 Å². The number of methoxy groups -OCH3 is 2. The van der Waals surface area contributed by atoms with Crippen LogP contribution in [-0.2, 0) is 21.3 Å². The van der Waals surface area contributed by atoms with Crippen molar-refractivity contribution in [1.82, 2.24) is 14.8 Å². The fraction of sp³-hybridized carbons (Fsp3) is 0.348. The molecule has 36 heavy (non-hydrogen) atoms. The van der Waals surface area contributed by atoms with Crippen molar-refractivity contribution in [3.05, 3.63) is 50.6 Å². The van der Waals surface area contributed by atoms with Gasteiger partial charge in [-0.05, 0) is 44.0 Å². The predicted molar refractivity (Wildman–Crippen MR) is 137 cm³/mol. The number of aromatic nitrogens is 3. The molecule has 3 rings (SSSR count). The lowest BCUT2D eigenvalue weighted by molar-refractivity contribution is -0.113. The summed E-state index contributed by atoms with van der Waals surface area (Å²) in [4.78, 5) is 37.2. The zero-order valence-corrected chi connectivity index (χ0v) is 22.9. The third-order valence-electron chi connectivity index (χ3n) is 5.12. The Balaban J connectivity index is 1.69.